The van der Waals surface area contributed by atoms with Crippen molar-refractivity contribution >= 4 is 23.2 Å². The van der Waals surface area contributed by atoms with E-state index in [1.54, 1.807) is 49.5 Å². The molecule has 1 N–H and O–H groups in total. The summed E-state index contributed by atoms with van der Waals surface area (Å²) in [5.41, 5.74) is -1.07. The van der Waals surface area contributed by atoms with Gasteiger partial charge in [-0.05, 0) is 25.2 Å². The standard InChI is InChI=1S/C24H18N2O4/c1-26-13-17(19-11-6-12-30-19)23(20(27)14-7-2-3-8-15(14)21(23)28)24(26)16-9-4-5-10-18(16)25-22(24)29/h2-12,17H,13H2,1H3,(H,25,29)/t17-,24-/m1/s1. The van der Waals surface area contributed by atoms with E-state index in [1.165, 1.54) is 6.26 Å². The highest BCUT2D eigenvalue weighted by molar-refractivity contribution is 6.34. The van der Waals surface area contributed by atoms with Gasteiger partial charge in [-0.2, -0.15) is 0 Å². The zero-order valence-corrected chi connectivity index (χ0v) is 16.2. The zero-order chi connectivity index (χ0) is 20.7. The summed E-state index contributed by atoms with van der Waals surface area (Å²) < 4.78 is 5.71. The molecule has 2 aromatic carbocycles. The van der Waals surface area contributed by atoms with Gasteiger partial charge in [0.25, 0.3) is 5.91 Å². The lowest BCUT2D eigenvalue weighted by Gasteiger charge is -2.41. The lowest BCUT2D eigenvalue weighted by atomic mass is 9.59. The summed E-state index contributed by atoms with van der Waals surface area (Å²) in [6, 6.07) is 17.7. The number of furan rings is 1. The largest absolute Gasteiger partial charge is 0.469 e. The first kappa shape index (κ1) is 17.4. The van der Waals surface area contributed by atoms with Gasteiger partial charge in [0.15, 0.2) is 11.6 Å². The van der Waals surface area contributed by atoms with Crippen molar-refractivity contribution in [2.24, 2.45) is 5.41 Å². The number of anilines is 1. The van der Waals surface area contributed by atoms with E-state index < -0.39 is 16.9 Å². The maximum absolute atomic E-state index is 14.1. The Hall–Kier alpha value is -3.51. The number of para-hydroxylation sites is 1. The Morgan fingerprint density at radius 3 is 2.27 bits per heavy atom. The van der Waals surface area contributed by atoms with Gasteiger partial charge in [-0.25, -0.2) is 0 Å². The van der Waals surface area contributed by atoms with Crippen LogP contribution >= 0.6 is 0 Å². The normalized spacial score (nSPS) is 26.4. The van der Waals surface area contributed by atoms with Crippen LogP contribution in [0.5, 0.6) is 0 Å². The first-order valence-electron chi connectivity index (χ1n) is 9.88. The third-order valence-electron chi connectivity index (χ3n) is 7.04. The molecule has 0 saturated carbocycles. The summed E-state index contributed by atoms with van der Waals surface area (Å²) in [5, 5.41) is 2.93. The van der Waals surface area contributed by atoms with Crippen LogP contribution in [0.4, 0.5) is 5.69 Å². The lowest BCUT2D eigenvalue weighted by molar-refractivity contribution is -0.128. The molecule has 3 aliphatic rings. The first-order valence-corrected chi connectivity index (χ1v) is 9.88. The van der Waals surface area contributed by atoms with Crippen LogP contribution in [0.2, 0.25) is 0 Å². The molecule has 1 aliphatic carbocycles. The van der Waals surface area contributed by atoms with Crippen molar-refractivity contribution in [1.29, 1.82) is 0 Å². The fourth-order valence-corrected chi connectivity index (χ4v) is 5.96. The van der Waals surface area contributed by atoms with Crippen molar-refractivity contribution in [3.8, 4) is 0 Å². The molecule has 0 radical (unpaired) electrons. The van der Waals surface area contributed by atoms with Crippen LogP contribution < -0.4 is 5.32 Å². The molecule has 3 aromatic rings. The Bertz CT molecular complexity index is 1210. The van der Waals surface area contributed by atoms with Crippen molar-refractivity contribution in [2.75, 3.05) is 18.9 Å². The minimum Gasteiger partial charge on any atom is -0.469 e. The molecule has 6 heteroatoms. The molecule has 3 heterocycles. The Morgan fingerprint density at radius 1 is 0.933 bits per heavy atom. The van der Waals surface area contributed by atoms with Crippen LogP contribution in [-0.2, 0) is 10.3 Å². The molecule has 2 atom stereocenters. The minimum absolute atomic E-state index is 0.319. The second kappa shape index (κ2) is 5.55. The summed E-state index contributed by atoms with van der Waals surface area (Å²) in [5.74, 6) is -1.05. The second-order valence-corrected chi connectivity index (χ2v) is 8.17. The highest BCUT2D eigenvalue weighted by atomic mass is 16.3. The van der Waals surface area contributed by atoms with Gasteiger partial charge < -0.3 is 9.73 Å². The molecule has 0 unspecified atom stereocenters. The average molecular weight is 398 g/mol. The number of ketones is 2. The summed E-state index contributed by atoms with van der Waals surface area (Å²) in [4.78, 5) is 43.8. The van der Waals surface area contributed by atoms with Gasteiger partial charge >= 0.3 is 0 Å². The summed E-state index contributed by atoms with van der Waals surface area (Å²) in [7, 11) is 1.80. The van der Waals surface area contributed by atoms with Crippen molar-refractivity contribution < 1.29 is 18.8 Å². The molecule has 2 spiro atoms. The van der Waals surface area contributed by atoms with Gasteiger partial charge in [-0.15, -0.1) is 0 Å². The number of nitrogens with one attached hydrogen (secondary N) is 1. The number of Topliss-reactive ketones (excluding diaryl/α,β-unsaturated/α-hetero) is 2. The number of hydrogen-bond acceptors (Lipinski definition) is 5. The van der Waals surface area contributed by atoms with Gasteiger partial charge in [0.1, 0.15) is 16.7 Å². The summed E-state index contributed by atoms with van der Waals surface area (Å²) in [6.45, 7) is 0.334. The molecule has 148 valence electrons. The van der Waals surface area contributed by atoms with E-state index in [4.69, 9.17) is 4.42 Å². The Balaban J connectivity index is 1.74. The number of rotatable bonds is 1. The van der Waals surface area contributed by atoms with Crippen LogP contribution in [0, 0.1) is 5.41 Å². The van der Waals surface area contributed by atoms with E-state index in [9.17, 15) is 14.4 Å². The van der Waals surface area contributed by atoms with E-state index in [2.05, 4.69) is 5.32 Å². The quantitative estimate of drug-likeness (QED) is 0.637. The topological polar surface area (TPSA) is 79.6 Å². The number of fused-ring (bicyclic) bond motifs is 4. The van der Waals surface area contributed by atoms with Crippen molar-refractivity contribution in [3.63, 3.8) is 0 Å². The Morgan fingerprint density at radius 2 is 1.60 bits per heavy atom. The first-order chi connectivity index (χ1) is 14.5. The number of benzene rings is 2. The molecule has 1 amide bonds. The Labute approximate surface area is 172 Å². The highest BCUT2D eigenvalue weighted by Crippen LogP contribution is 2.66. The zero-order valence-electron chi connectivity index (χ0n) is 16.2. The number of likely N-dealkylation sites (tertiary alicyclic amines) is 1. The highest BCUT2D eigenvalue weighted by Gasteiger charge is 2.79. The van der Waals surface area contributed by atoms with Crippen LogP contribution in [0.3, 0.4) is 0 Å². The SMILES string of the molecule is CN1C[C@H](c2ccco2)C2(C(=O)c3ccccc3C2=O)[C@@]12C(=O)Nc1ccccc12. The summed E-state index contributed by atoms with van der Waals surface area (Å²) >= 11 is 0. The maximum atomic E-state index is 14.1. The molecule has 1 aromatic heterocycles. The van der Waals surface area contributed by atoms with E-state index in [0.29, 0.717) is 34.7 Å². The van der Waals surface area contributed by atoms with E-state index in [1.807, 2.05) is 23.1 Å². The van der Waals surface area contributed by atoms with Crippen molar-refractivity contribution in [3.05, 3.63) is 89.4 Å². The number of likely N-dealkylation sites (N-methyl/N-ethyl adjacent to an activating group) is 1. The van der Waals surface area contributed by atoms with E-state index in [0.717, 1.165) is 0 Å². The molecule has 30 heavy (non-hydrogen) atoms. The Kier molecular flexibility index (Phi) is 3.21. The number of amides is 1. The van der Waals surface area contributed by atoms with E-state index in [-0.39, 0.29) is 17.5 Å². The number of carbonyl (C=O) groups excluding carboxylic acids is 3. The van der Waals surface area contributed by atoms with Gasteiger partial charge in [0.2, 0.25) is 0 Å². The van der Waals surface area contributed by atoms with Gasteiger partial charge in [0.05, 0.1) is 12.2 Å². The van der Waals surface area contributed by atoms with Crippen molar-refractivity contribution in [2.45, 2.75) is 11.5 Å². The van der Waals surface area contributed by atoms with Crippen LogP contribution in [0.1, 0.15) is 38.0 Å². The molecular weight excluding hydrogens is 380 g/mol. The molecular formula is C24H18N2O4. The van der Waals surface area contributed by atoms with Crippen LogP contribution in [-0.4, -0.2) is 36.0 Å². The summed E-state index contributed by atoms with van der Waals surface area (Å²) in [6.07, 6.45) is 1.54. The molecule has 0 bridgehead atoms. The third kappa shape index (κ3) is 1.65. The molecule has 6 nitrogen and oxygen atoms in total. The van der Waals surface area contributed by atoms with Gasteiger partial charge in [0, 0.05) is 28.9 Å². The molecule has 2 aliphatic heterocycles. The van der Waals surface area contributed by atoms with Crippen LogP contribution in [0.25, 0.3) is 0 Å². The number of nitrogens with zero attached hydrogens (tertiary/aromatic N) is 1. The lowest BCUT2D eigenvalue weighted by Crippen LogP contribution is -2.60. The molecule has 1 saturated heterocycles. The molecule has 1 fully saturated rings. The average Bonchev–Trinajstić information content (AvgIpc) is 3.49. The predicted octanol–water partition coefficient (Wildman–Crippen LogP) is 3.22. The van der Waals surface area contributed by atoms with Crippen LogP contribution in [0.15, 0.2) is 71.3 Å². The fraction of sp³-hybridized carbons (Fsp3) is 0.208. The smallest absolute Gasteiger partial charge is 0.251 e. The number of carbonyl (C=O) groups is 3. The van der Waals surface area contributed by atoms with Gasteiger partial charge in [-0.1, -0.05) is 42.5 Å². The van der Waals surface area contributed by atoms with Crippen molar-refractivity contribution in [1.82, 2.24) is 4.90 Å². The predicted molar refractivity (Wildman–Crippen MR) is 108 cm³/mol. The molecule has 6 rings (SSSR count). The van der Waals surface area contributed by atoms with Gasteiger partial charge in [-0.3, -0.25) is 19.3 Å². The maximum Gasteiger partial charge on any atom is 0.251 e. The minimum atomic E-state index is -1.64. The number of hydrogen-bond donors (Lipinski definition) is 1. The second-order valence-electron chi connectivity index (χ2n) is 8.17. The monoisotopic (exact) mass is 398 g/mol. The fourth-order valence-electron chi connectivity index (χ4n) is 5.96. The third-order valence-corrected chi connectivity index (χ3v) is 7.04. The van der Waals surface area contributed by atoms with E-state index >= 15 is 0 Å².